The van der Waals surface area contributed by atoms with Gasteiger partial charge in [0.15, 0.2) is 0 Å². The van der Waals surface area contributed by atoms with E-state index < -0.39 is 21.7 Å². The summed E-state index contributed by atoms with van der Waals surface area (Å²) in [4.78, 5) is 11.6. The zero-order chi connectivity index (χ0) is 21.2. The molecule has 0 aliphatic heterocycles. The maximum absolute atomic E-state index is 13.4. The van der Waals surface area contributed by atoms with Crippen LogP contribution in [0.5, 0.6) is 0 Å². The molecule has 0 atom stereocenters. The van der Waals surface area contributed by atoms with Crippen molar-refractivity contribution in [1.29, 1.82) is 0 Å². The molecule has 152 valence electrons. The number of primary sulfonamides is 1. The number of aryl methyl sites for hydroxylation is 1. The summed E-state index contributed by atoms with van der Waals surface area (Å²) in [6.07, 6.45) is 0.214. The number of carbonyl (C=O) groups excluding carboxylic acids is 1. The van der Waals surface area contributed by atoms with Crippen LogP contribution >= 0.6 is 0 Å². The molecule has 0 radical (unpaired) electrons. The van der Waals surface area contributed by atoms with Crippen LogP contribution in [0.15, 0.2) is 59.5 Å². The number of rotatable bonds is 6. The Morgan fingerprint density at radius 2 is 1.86 bits per heavy atom. The molecule has 10 heteroatoms. The third-order valence-corrected chi connectivity index (χ3v) is 5.21. The first kappa shape index (κ1) is 20.6. The second-order valence-corrected chi connectivity index (χ2v) is 7.90. The Balaban J connectivity index is 2.13. The van der Waals surface area contributed by atoms with Crippen LogP contribution in [0.4, 0.5) is 4.39 Å². The summed E-state index contributed by atoms with van der Waals surface area (Å²) < 4.78 is 38.8. The summed E-state index contributed by atoms with van der Waals surface area (Å²) in [7, 11) is -2.80. The topological polar surface area (TPSA) is 119 Å². The third-order valence-electron chi connectivity index (χ3n) is 4.26. The second kappa shape index (κ2) is 8.11. The molecular formula is C19H19FN4O4S. The first-order valence-corrected chi connectivity index (χ1v) is 10.1. The third kappa shape index (κ3) is 4.67. The molecule has 0 bridgehead atoms. The van der Waals surface area contributed by atoms with Crippen LogP contribution < -0.4 is 5.14 Å². The molecule has 0 spiro atoms. The SMILES string of the molecule is CN(O)C(=O)CCc1cc(-c2ccc(F)cc2)n(-c2ccccc2S(N)(=O)=O)n1. The summed E-state index contributed by atoms with van der Waals surface area (Å²) in [6, 6.07) is 13.4. The van der Waals surface area contributed by atoms with Crippen molar-refractivity contribution in [2.75, 3.05) is 7.05 Å². The van der Waals surface area contributed by atoms with Crippen molar-refractivity contribution in [3.05, 3.63) is 66.1 Å². The lowest BCUT2D eigenvalue weighted by atomic mass is 10.1. The van der Waals surface area contributed by atoms with Gasteiger partial charge in [0.1, 0.15) is 10.7 Å². The van der Waals surface area contributed by atoms with Gasteiger partial charge in [-0.1, -0.05) is 12.1 Å². The minimum absolute atomic E-state index is 0.00368. The normalized spacial score (nSPS) is 11.4. The van der Waals surface area contributed by atoms with Crippen LogP contribution in [-0.4, -0.2) is 41.4 Å². The number of hydrogen-bond acceptors (Lipinski definition) is 5. The molecule has 8 nitrogen and oxygen atoms in total. The molecule has 29 heavy (non-hydrogen) atoms. The Morgan fingerprint density at radius 3 is 2.48 bits per heavy atom. The monoisotopic (exact) mass is 418 g/mol. The van der Waals surface area contributed by atoms with Gasteiger partial charge in [-0.2, -0.15) is 5.10 Å². The lowest BCUT2D eigenvalue weighted by Gasteiger charge is -2.11. The highest BCUT2D eigenvalue weighted by molar-refractivity contribution is 7.89. The molecule has 1 amide bonds. The zero-order valence-corrected chi connectivity index (χ0v) is 16.3. The van der Waals surface area contributed by atoms with E-state index in [1.54, 1.807) is 36.4 Å². The first-order chi connectivity index (χ1) is 13.7. The maximum atomic E-state index is 13.4. The summed E-state index contributed by atoms with van der Waals surface area (Å²) in [5.41, 5.74) is 1.82. The van der Waals surface area contributed by atoms with Gasteiger partial charge < -0.3 is 0 Å². The second-order valence-electron chi connectivity index (χ2n) is 6.37. The number of benzene rings is 2. The number of carbonyl (C=O) groups is 1. The molecule has 3 aromatic rings. The van der Waals surface area contributed by atoms with Crippen LogP contribution in [0, 0.1) is 5.82 Å². The maximum Gasteiger partial charge on any atom is 0.246 e. The zero-order valence-electron chi connectivity index (χ0n) is 15.5. The van der Waals surface area contributed by atoms with Crippen molar-refractivity contribution < 1.29 is 22.8 Å². The highest BCUT2D eigenvalue weighted by Crippen LogP contribution is 2.28. The van der Waals surface area contributed by atoms with Crippen LogP contribution in [0.1, 0.15) is 12.1 Å². The number of halogens is 1. The van der Waals surface area contributed by atoms with Gasteiger partial charge in [0.2, 0.25) is 15.9 Å². The Labute approximate surface area is 167 Å². The number of aromatic nitrogens is 2. The fourth-order valence-corrected chi connectivity index (χ4v) is 3.55. The number of hydroxylamine groups is 2. The van der Waals surface area contributed by atoms with Crippen molar-refractivity contribution in [2.24, 2.45) is 5.14 Å². The van der Waals surface area contributed by atoms with E-state index in [4.69, 9.17) is 5.14 Å². The quantitative estimate of drug-likeness (QED) is 0.469. The number of amides is 1. The number of sulfonamides is 1. The Kier molecular flexibility index (Phi) is 5.78. The summed E-state index contributed by atoms with van der Waals surface area (Å²) in [5, 5.41) is 19.5. The molecule has 1 heterocycles. The van der Waals surface area contributed by atoms with Crippen LogP contribution in [0.3, 0.4) is 0 Å². The van der Waals surface area contributed by atoms with Crippen molar-refractivity contribution in [1.82, 2.24) is 14.8 Å². The fraction of sp³-hybridized carbons (Fsp3) is 0.158. The Bertz CT molecular complexity index is 1140. The highest BCUT2D eigenvalue weighted by atomic mass is 32.2. The van der Waals surface area contributed by atoms with Gasteiger partial charge in [0, 0.05) is 25.5 Å². The van der Waals surface area contributed by atoms with Crippen LogP contribution in [0.25, 0.3) is 16.9 Å². The predicted octanol–water partition coefficient (Wildman–Crippen LogP) is 2.11. The van der Waals surface area contributed by atoms with E-state index in [-0.39, 0.29) is 23.4 Å². The average Bonchev–Trinajstić information content (AvgIpc) is 3.10. The largest absolute Gasteiger partial charge is 0.286 e. The highest BCUT2D eigenvalue weighted by Gasteiger charge is 2.20. The Hall–Kier alpha value is -3.08. The van der Waals surface area contributed by atoms with E-state index in [1.807, 2.05) is 0 Å². The number of nitrogens with zero attached hydrogens (tertiary/aromatic N) is 3. The lowest BCUT2D eigenvalue weighted by Crippen LogP contribution is -2.22. The minimum atomic E-state index is -4.03. The van der Waals surface area contributed by atoms with Crippen molar-refractivity contribution >= 4 is 15.9 Å². The molecule has 2 aromatic carbocycles. The number of nitrogens with two attached hydrogens (primary N) is 1. The number of hydrogen-bond donors (Lipinski definition) is 2. The smallest absolute Gasteiger partial charge is 0.246 e. The molecule has 0 saturated heterocycles. The molecule has 0 fully saturated rings. The molecule has 0 aliphatic rings. The fourth-order valence-electron chi connectivity index (χ4n) is 2.83. The molecule has 0 aliphatic carbocycles. The van der Waals surface area contributed by atoms with E-state index in [1.165, 1.54) is 29.9 Å². The first-order valence-electron chi connectivity index (χ1n) is 8.59. The summed E-state index contributed by atoms with van der Waals surface area (Å²) in [5.74, 6) is -0.908. The standard InChI is InChI=1S/C19H19FN4O4S/c1-23(26)19(25)11-10-15-12-17(13-6-8-14(20)9-7-13)24(22-15)16-4-2-3-5-18(16)29(21,27)28/h2-9,12,26H,10-11H2,1H3,(H2,21,27,28). The molecular weight excluding hydrogens is 399 g/mol. The van der Waals surface area contributed by atoms with Gasteiger partial charge in [0.25, 0.3) is 0 Å². The van der Waals surface area contributed by atoms with E-state index in [9.17, 15) is 22.8 Å². The molecule has 1 aromatic heterocycles. The van der Waals surface area contributed by atoms with E-state index in [2.05, 4.69) is 5.10 Å². The molecule has 0 unspecified atom stereocenters. The van der Waals surface area contributed by atoms with Gasteiger partial charge in [-0.15, -0.1) is 0 Å². The predicted molar refractivity (Wildman–Crippen MR) is 103 cm³/mol. The van der Waals surface area contributed by atoms with E-state index >= 15 is 0 Å². The van der Waals surface area contributed by atoms with Crippen LogP contribution in [-0.2, 0) is 21.2 Å². The molecule has 3 rings (SSSR count). The van der Waals surface area contributed by atoms with E-state index in [0.29, 0.717) is 22.0 Å². The van der Waals surface area contributed by atoms with Crippen molar-refractivity contribution in [3.63, 3.8) is 0 Å². The van der Waals surface area contributed by atoms with Crippen molar-refractivity contribution in [3.8, 4) is 16.9 Å². The van der Waals surface area contributed by atoms with Crippen LogP contribution in [0.2, 0.25) is 0 Å². The van der Waals surface area contributed by atoms with Crippen molar-refractivity contribution in [2.45, 2.75) is 17.7 Å². The van der Waals surface area contributed by atoms with E-state index in [0.717, 1.165) is 0 Å². The molecule has 3 N–H and O–H groups in total. The minimum Gasteiger partial charge on any atom is -0.286 e. The lowest BCUT2D eigenvalue weighted by molar-refractivity contribution is -0.159. The van der Waals surface area contributed by atoms with Gasteiger partial charge >= 0.3 is 0 Å². The number of para-hydroxylation sites is 1. The summed E-state index contributed by atoms with van der Waals surface area (Å²) >= 11 is 0. The summed E-state index contributed by atoms with van der Waals surface area (Å²) in [6.45, 7) is 0. The Morgan fingerprint density at radius 1 is 1.21 bits per heavy atom. The average molecular weight is 418 g/mol. The molecule has 0 saturated carbocycles. The van der Waals surface area contributed by atoms with Gasteiger partial charge in [0.05, 0.1) is 17.1 Å². The van der Waals surface area contributed by atoms with Gasteiger partial charge in [-0.25, -0.2) is 27.7 Å². The van der Waals surface area contributed by atoms with Gasteiger partial charge in [-0.3, -0.25) is 10.0 Å². The van der Waals surface area contributed by atoms with Gasteiger partial charge in [-0.05, 0) is 42.5 Å².